The normalized spacial score (nSPS) is 10.4. The Morgan fingerprint density at radius 1 is 1.16 bits per heavy atom. The third-order valence-corrected chi connectivity index (χ3v) is 4.23. The van der Waals surface area contributed by atoms with Gasteiger partial charge in [0, 0.05) is 103 Å². The number of H-pyrrole nitrogens is 1. The Kier molecular flexibility index (Phi) is 10.0. The monoisotopic (exact) mass is 384 g/mol. The van der Waals surface area contributed by atoms with Gasteiger partial charge in [-0.1, -0.05) is 11.3 Å². The fourth-order valence-electron chi connectivity index (χ4n) is 1.22. The molecule has 0 unspecified atom stereocenters. The summed E-state index contributed by atoms with van der Waals surface area (Å²) in [5, 5.41) is 2.85. The van der Waals surface area contributed by atoms with E-state index in [9.17, 15) is 8.42 Å². The van der Waals surface area contributed by atoms with Gasteiger partial charge < -0.3 is 0 Å². The van der Waals surface area contributed by atoms with E-state index in [1.54, 1.807) is 4.68 Å². The predicted octanol–water partition coefficient (Wildman–Crippen LogP) is 1.81. The van der Waals surface area contributed by atoms with E-state index in [2.05, 4.69) is 5.10 Å². The second-order valence-electron chi connectivity index (χ2n) is 3.07. The minimum Gasteiger partial charge on any atom is -0.282 e. The molecular formula is C8H6K2N2O3S4. The van der Waals surface area contributed by atoms with E-state index in [0.717, 1.165) is 0 Å². The first-order chi connectivity index (χ1) is 7.88. The van der Waals surface area contributed by atoms with Crippen LogP contribution in [0.15, 0.2) is 29.2 Å². The minimum absolute atomic E-state index is 0. The summed E-state index contributed by atoms with van der Waals surface area (Å²) in [5.74, 6) is 0. The number of nitrogens with one attached hydrogen (secondary N) is 1. The number of aromatic amines is 1. The molecule has 2 rings (SSSR count). The molecule has 0 bridgehead atoms. The van der Waals surface area contributed by atoms with Crippen LogP contribution in [-0.2, 0) is 10.1 Å². The Bertz CT molecular complexity index is 760. The molecule has 0 aliphatic carbocycles. The molecule has 19 heavy (non-hydrogen) atoms. The van der Waals surface area contributed by atoms with Crippen molar-refractivity contribution in [1.29, 1.82) is 0 Å². The van der Waals surface area contributed by atoms with Crippen molar-refractivity contribution in [2.45, 2.75) is 4.90 Å². The smallest absolute Gasteiger partial charge is 0.282 e. The fraction of sp³-hybridized carbons (Fsp3) is 0. The van der Waals surface area contributed by atoms with Gasteiger partial charge in [-0.25, -0.2) is 4.68 Å². The molecule has 0 saturated carbocycles. The largest absolute Gasteiger partial charge is 0.294 e. The topological polar surface area (TPSA) is 75.1 Å². The summed E-state index contributed by atoms with van der Waals surface area (Å²) >= 11 is 11.3. The van der Waals surface area contributed by atoms with Crippen molar-refractivity contribution < 1.29 is 13.0 Å². The van der Waals surface area contributed by atoms with E-state index in [4.69, 9.17) is 29.0 Å². The average Bonchev–Trinajstić information content (AvgIpc) is 2.57. The van der Waals surface area contributed by atoms with Gasteiger partial charge in [0.15, 0.2) is 7.91 Å². The standard InChI is InChI=1S/C8H6N2O3S4.2K/c11-17(12,13)6-3-1-5(2-4-6)10-8(15)16-7(14)9-10;;/h1-4H,(H,9,14)(H,11,12,13);;. The van der Waals surface area contributed by atoms with E-state index in [0.29, 0.717) is 13.6 Å². The number of rotatable bonds is 2. The Hall–Kier alpha value is 2.40. The molecule has 2 aromatic rings. The van der Waals surface area contributed by atoms with Crippen LogP contribution in [0.25, 0.3) is 5.69 Å². The summed E-state index contributed by atoms with van der Waals surface area (Å²) in [5.41, 5.74) is 0.648. The first-order valence-electron chi connectivity index (χ1n) is 4.28. The molecule has 0 aliphatic rings. The quantitative estimate of drug-likeness (QED) is 0.469. The van der Waals surface area contributed by atoms with Gasteiger partial charge in [-0.3, -0.25) is 9.65 Å². The van der Waals surface area contributed by atoms with Gasteiger partial charge in [0.2, 0.25) is 0 Å². The molecule has 1 aromatic carbocycles. The van der Waals surface area contributed by atoms with Crippen LogP contribution in [0.1, 0.15) is 0 Å². The van der Waals surface area contributed by atoms with Crippen LogP contribution in [0.4, 0.5) is 0 Å². The van der Waals surface area contributed by atoms with E-state index in [1.807, 2.05) is 0 Å². The van der Waals surface area contributed by atoms with Crippen molar-refractivity contribution in [3.8, 4) is 5.69 Å². The van der Waals surface area contributed by atoms with Crippen molar-refractivity contribution in [3.63, 3.8) is 0 Å². The zero-order valence-electron chi connectivity index (χ0n) is 10.2. The van der Waals surface area contributed by atoms with Gasteiger partial charge in [-0.15, -0.1) is 0 Å². The molecule has 92 valence electrons. The zero-order valence-corrected chi connectivity index (χ0v) is 19.7. The second-order valence-corrected chi connectivity index (χ2v) is 6.80. The van der Waals surface area contributed by atoms with E-state index >= 15 is 0 Å². The summed E-state index contributed by atoms with van der Waals surface area (Å²) in [4.78, 5) is -0.165. The van der Waals surface area contributed by atoms with Crippen LogP contribution in [0.3, 0.4) is 0 Å². The summed E-state index contributed by atoms with van der Waals surface area (Å²) < 4.78 is 33.2. The molecule has 2 radical (unpaired) electrons. The van der Waals surface area contributed by atoms with Gasteiger partial charge in [0.05, 0.1) is 10.6 Å². The fourth-order valence-corrected chi connectivity index (χ4v) is 3.13. The van der Waals surface area contributed by atoms with Crippen molar-refractivity contribution >= 4 is 149 Å². The molecule has 11 heteroatoms. The second kappa shape index (κ2) is 8.88. The Labute approximate surface area is 209 Å². The molecule has 5 nitrogen and oxygen atoms in total. The molecule has 0 fully saturated rings. The SMILES string of the molecule is O=S(=O)(O)c1ccc(-n2[nH]c(=S)sc2=S)cc1.[K].[K]. The number of hydrogen-bond donors (Lipinski definition) is 2. The third-order valence-electron chi connectivity index (χ3n) is 1.96. The molecule has 1 heterocycles. The number of hydrogen-bond acceptors (Lipinski definition) is 5. The van der Waals surface area contributed by atoms with Gasteiger partial charge in [-0.2, -0.15) is 8.42 Å². The Morgan fingerprint density at radius 3 is 2.05 bits per heavy atom. The molecule has 0 saturated heterocycles. The third kappa shape index (κ3) is 5.84. The summed E-state index contributed by atoms with van der Waals surface area (Å²) in [6.45, 7) is 0. The zero-order chi connectivity index (χ0) is 12.6. The number of benzene rings is 1. The maximum Gasteiger partial charge on any atom is 0.294 e. The first kappa shape index (κ1) is 21.4. The molecule has 1 aromatic heterocycles. The molecular weight excluding hydrogens is 379 g/mol. The number of aromatic nitrogens is 2. The van der Waals surface area contributed by atoms with Crippen LogP contribution < -0.4 is 0 Å². The predicted molar refractivity (Wildman–Crippen MR) is 81.0 cm³/mol. The molecule has 0 atom stereocenters. The summed E-state index contributed by atoms with van der Waals surface area (Å²) in [6.07, 6.45) is 0. The maximum absolute atomic E-state index is 10.9. The molecule has 0 aliphatic heterocycles. The van der Waals surface area contributed by atoms with Crippen molar-refractivity contribution in [3.05, 3.63) is 32.2 Å². The Balaban J connectivity index is 0.00000162. The average molecular weight is 385 g/mol. The summed E-state index contributed by atoms with van der Waals surface area (Å²) in [7, 11) is -4.17. The van der Waals surface area contributed by atoms with Gasteiger partial charge in [0.25, 0.3) is 10.1 Å². The van der Waals surface area contributed by atoms with Crippen LogP contribution in [0, 0.1) is 7.91 Å². The van der Waals surface area contributed by atoms with Gasteiger partial charge in [0.1, 0.15) is 0 Å². The molecule has 0 amide bonds. The van der Waals surface area contributed by atoms with Crippen LogP contribution in [-0.4, -0.2) is 126 Å². The minimum atomic E-state index is -4.17. The maximum atomic E-state index is 10.9. The van der Waals surface area contributed by atoms with Gasteiger partial charge >= 0.3 is 0 Å². The van der Waals surface area contributed by atoms with Crippen molar-refractivity contribution in [1.82, 2.24) is 9.78 Å². The molecule has 0 spiro atoms. The van der Waals surface area contributed by atoms with E-state index in [-0.39, 0.29) is 108 Å². The van der Waals surface area contributed by atoms with E-state index < -0.39 is 10.1 Å². The molecule has 2 N–H and O–H groups in total. The van der Waals surface area contributed by atoms with Crippen LogP contribution in [0.2, 0.25) is 0 Å². The summed E-state index contributed by atoms with van der Waals surface area (Å²) in [6, 6.07) is 5.63. The van der Waals surface area contributed by atoms with Crippen LogP contribution in [0.5, 0.6) is 0 Å². The number of nitrogens with zero attached hydrogens (tertiary/aromatic N) is 1. The van der Waals surface area contributed by atoms with Crippen molar-refractivity contribution in [2.75, 3.05) is 0 Å². The van der Waals surface area contributed by atoms with E-state index in [1.165, 1.54) is 35.6 Å². The Morgan fingerprint density at radius 2 is 1.68 bits per heavy atom. The van der Waals surface area contributed by atoms with Crippen molar-refractivity contribution in [2.24, 2.45) is 0 Å². The van der Waals surface area contributed by atoms with Crippen LogP contribution >= 0.6 is 35.8 Å². The van der Waals surface area contributed by atoms with Gasteiger partial charge in [-0.05, 0) is 48.7 Å². The first-order valence-corrected chi connectivity index (χ1v) is 7.35.